The topological polar surface area (TPSA) is 59.1 Å². The Morgan fingerprint density at radius 3 is 2.37 bits per heavy atom. The number of carbonyl (C=O) groups is 2. The number of rotatable bonds is 6. The maximum absolute atomic E-state index is 13.5. The molecule has 1 aliphatic rings. The summed E-state index contributed by atoms with van der Waals surface area (Å²) in [5, 5.41) is 0. The van der Waals surface area contributed by atoms with E-state index in [0.29, 0.717) is 23.7 Å². The highest BCUT2D eigenvalue weighted by Crippen LogP contribution is 2.45. The Morgan fingerprint density at radius 1 is 1.10 bits per heavy atom. The van der Waals surface area contributed by atoms with Crippen LogP contribution in [0.5, 0.6) is 5.75 Å². The largest absolute Gasteiger partial charge is 0.497 e. The van der Waals surface area contributed by atoms with Crippen LogP contribution in [-0.2, 0) is 14.3 Å². The molecule has 160 valence electrons. The van der Waals surface area contributed by atoms with Gasteiger partial charge in [0, 0.05) is 24.9 Å². The Balaban J connectivity index is 0.00000320. The number of hydrogen-bond donors (Lipinski definition) is 0. The molecule has 30 heavy (non-hydrogen) atoms. The number of anilines is 1. The van der Waals surface area contributed by atoms with Gasteiger partial charge < -0.3 is 19.3 Å². The highest BCUT2D eigenvalue weighted by atomic mass is 35.5. The first-order valence-electron chi connectivity index (χ1n) is 9.21. The number of methoxy groups -OCH3 is 1. The number of para-hydroxylation sites is 1. The van der Waals surface area contributed by atoms with Crippen molar-refractivity contribution in [2.24, 2.45) is 0 Å². The zero-order valence-electron chi connectivity index (χ0n) is 17.4. The minimum absolute atomic E-state index is 0. The molecule has 1 amide bonds. The Labute approximate surface area is 187 Å². The zero-order chi connectivity index (χ0) is 21.0. The van der Waals surface area contributed by atoms with E-state index in [9.17, 15) is 9.59 Å². The van der Waals surface area contributed by atoms with Gasteiger partial charge in [-0.15, -0.1) is 12.4 Å². The zero-order valence-corrected chi connectivity index (χ0v) is 19.0. The summed E-state index contributed by atoms with van der Waals surface area (Å²) in [6.45, 7) is 2.46. The van der Waals surface area contributed by atoms with Crippen LogP contribution in [0.3, 0.4) is 0 Å². The number of amides is 1. The molecule has 0 saturated carbocycles. The predicted molar refractivity (Wildman–Crippen MR) is 122 cm³/mol. The molecule has 2 aromatic rings. The monoisotopic (exact) mass is 448 g/mol. The summed E-state index contributed by atoms with van der Waals surface area (Å²) in [5.74, 6) is -0.104. The fraction of sp³-hybridized carbons (Fsp3) is 0.273. The van der Waals surface area contributed by atoms with Crippen LogP contribution in [-0.4, -0.2) is 51.1 Å². The molecular formula is C22H25ClN2O4S. The molecule has 0 aromatic heterocycles. The summed E-state index contributed by atoms with van der Waals surface area (Å²) in [6, 6.07) is 15.1. The Bertz CT molecular complexity index is 944. The number of carbonyl (C=O) groups excluding carboxylic acids is 2. The normalized spacial score (nSPS) is 13.5. The summed E-state index contributed by atoms with van der Waals surface area (Å²) in [6.07, 6.45) is 0. The molecule has 0 unspecified atom stereocenters. The van der Waals surface area contributed by atoms with Crippen LogP contribution in [0.25, 0.3) is 4.91 Å². The van der Waals surface area contributed by atoms with Gasteiger partial charge in [-0.25, -0.2) is 0 Å². The van der Waals surface area contributed by atoms with E-state index in [0.717, 1.165) is 16.1 Å². The molecule has 6 nitrogen and oxygen atoms in total. The minimum atomic E-state index is -0.529. The number of ether oxygens (including phenoxy) is 2. The lowest BCUT2D eigenvalue weighted by molar-refractivity contribution is -0.140. The van der Waals surface area contributed by atoms with Crippen LogP contribution in [0.1, 0.15) is 12.5 Å². The fourth-order valence-electron chi connectivity index (χ4n) is 2.94. The number of likely N-dealkylation sites (N-methyl/N-ethyl adjacent to an activating group) is 1. The fourth-order valence-corrected chi connectivity index (χ4v) is 4.06. The number of benzene rings is 2. The van der Waals surface area contributed by atoms with Crippen LogP contribution in [0.15, 0.2) is 59.2 Å². The van der Waals surface area contributed by atoms with Crippen molar-refractivity contribution in [2.45, 2.75) is 11.8 Å². The summed E-state index contributed by atoms with van der Waals surface area (Å²) in [5.41, 5.74) is 1.59. The van der Waals surface area contributed by atoms with Gasteiger partial charge in [0.15, 0.2) is 0 Å². The summed E-state index contributed by atoms with van der Waals surface area (Å²) < 4.78 is 10.7. The summed E-state index contributed by atoms with van der Waals surface area (Å²) >= 11 is 1.42. The van der Waals surface area contributed by atoms with E-state index in [2.05, 4.69) is 0 Å². The molecule has 2 aromatic carbocycles. The van der Waals surface area contributed by atoms with Gasteiger partial charge in [-0.05, 0) is 43.9 Å². The predicted octanol–water partition coefficient (Wildman–Crippen LogP) is 4.05. The van der Waals surface area contributed by atoms with Gasteiger partial charge in [-0.3, -0.25) is 9.59 Å². The van der Waals surface area contributed by atoms with Crippen molar-refractivity contribution in [3.05, 3.63) is 59.9 Å². The quantitative estimate of drug-likeness (QED) is 0.621. The molecule has 0 atom stereocenters. The maximum atomic E-state index is 13.5. The molecule has 3 rings (SSSR count). The van der Waals surface area contributed by atoms with E-state index >= 15 is 0 Å². The summed E-state index contributed by atoms with van der Waals surface area (Å²) in [7, 11) is 5.50. The average Bonchev–Trinajstić information content (AvgIpc) is 2.81. The van der Waals surface area contributed by atoms with Crippen LogP contribution in [0.2, 0.25) is 0 Å². The molecule has 1 aliphatic heterocycles. The Hall–Kier alpha value is -2.48. The lowest BCUT2D eigenvalue weighted by Crippen LogP contribution is -2.38. The molecule has 1 heterocycles. The Kier molecular flexibility index (Phi) is 8.34. The number of hydrogen-bond acceptors (Lipinski definition) is 6. The highest BCUT2D eigenvalue weighted by molar-refractivity contribution is 8.08. The van der Waals surface area contributed by atoms with E-state index in [1.54, 1.807) is 12.0 Å². The summed E-state index contributed by atoms with van der Waals surface area (Å²) in [4.78, 5) is 30.5. The second-order valence-corrected chi connectivity index (χ2v) is 7.86. The second kappa shape index (κ2) is 10.5. The number of thioether (sulfide) groups is 1. The number of fused-ring (bicyclic) bond motifs is 1. The molecule has 0 spiro atoms. The molecule has 0 N–H and O–H groups in total. The third-order valence-electron chi connectivity index (χ3n) is 4.38. The van der Waals surface area contributed by atoms with Crippen molar-refractivity contribution in [3.63, 3.8) is 0 Å². The first kappa shape index (κ1) is 23.8. The SMILES string of the molecule is COc1ccc(C2=C(OC(C)=O)C(=O)N(CCN(C)C)c3ccccc3S2)cc1.Cl. The third kappa shape index (κ3) is 5.36. The van der Waals surface area contributed by atoms with Crippen LogP contribution >= 0.6 is 24.2 Å². The van der Waals surface area contributed by atoms with Gasteiger partial charge in [-0.1, -0.05) is 36.0 Å². The number of esters is 1. The van der Waals surface area contributed by atoms with Gasteiger partial charge in [0.1, 0.15) is 5.75 Å². The van der Waals surface area contributed by atoms with Crippen molar-refractivity contribution < 1.29 is 19.1 Å². The molecule has 0 saturated heterocycles. The van der Waals surface area contributed by atoms with E-state index in [4.69, 9.17) is 9.47 Å². The van der Waals surface area contributed by atoms with Crippen molar-refractivity contribution in [1.29, 1.82) is 0 Å². The molecule has 0 aliphatic carbocycles. The van der Waals surface area contributed by atoms with Gasteiger partial charge in [0.05, 0.1) is 17.7 Å². The van der Waals surface area contributed by atoms with Crippen molar-refractivity contribution in [1.82, 2.24) is 4.90 Å². The smallest absolute Gasteiger partial charge is 0.308 e. The van der Waals surface area contributed by atoms with E-state index in [-0.39, 0.29) is 24.1 Å². The van der Waals surface area contributed by atoms with Crippen molar-refractivity contribution in [2.75, 3.05) is 39.2 Å². The van der Waals surface area contributed by atoms with Crippen LogP contribution in [0, 0.1) is 0 Å². The molecule has 0 fully saturated rings. The van der Waals surface area contributed by atoms with Gasteiger partial charge in [0.25, 0.3) is 5.91 Å². The van der Waals surface area contributed by atoms with Gasteiger partial charge in [-0.2, -0.15) is 0 Å². The standard InChI is InChI=1S/C22H24N2O4S.ClH/c1-15(25)28-20-21(16-9-11-17(27-4)12-10-16)29-19-8-6-5-7-18(19)24(22(20)26)14-13-23(2)3;/h5-12H,13-14H2,1-4H3;1H. The van der Waals surface area contributed by atoms with Gasteiger partial charge >= 0.3 is 5.97 Å². The highest BCUT2D eigenvalue weighted by Gasteiger charge is 2.32. The van der Waals surface area contributed by atoms with E-state index in [1.807, 2.05) is 67.5 Å². The maximum Gasteiger partial charge on any atom is 0.308 e. The second-order valence-electron chi connectivity index (χ2n) is 6.81. The minimum Gasteiger partial charge on any atom is -0.497 e. The number of nitrogens with zero attached hydrogens (tertiary/aromatic N) is 2. The van der Waals surface area contributed by atoms with E-state index in [1.165, 1.54) is 18.7 Å². The van der Waals surface area contributed by atoms with Gasteiger partial charge in [0.2, 0.25) is 5.76 Å². The first-order chi connectivity index (χ1) is 13.9. The lowest BCUT2D eigenvalue weighted by Gasteiger charge is -2.25. The molecular weight excluding hydrogens is 424 g/mol. The van der Waals surface area contributed by atoms with Crippen LogP contribution < -0.4 is 9.64 Å². The number of halogens is 1. The molecule has 8 heteroatoms. The Morgan fingerprint density at radius 2 is 1.77 bits per heavy atom. The van der Waals surface area contributed by atoms with Crippen molar-refractivity contribution in [3.8, 4) is 5.75 Å². The first-order valence-corrected chi connectivity index (χ1v) is 10.0. The lowest BCUT2D eigenvalue weighted by atomic mass is 10.1. The molecule has 0 bridgehead atoms. The average molecular weight is 449 g/mol. The van der Waals surface area contributed by atoms with Crippen molar-refractivity contribution >= 4 is 46.6 Å². The molecule has 0 radical (unpaired) electrons. The third-order valence-corrected chi connectivity index (χ3v) is 5.57. The van der Waals surface area contributed by atoms with Crippen LogP contribution in [0.4, 0.5) is 5.69 Å². The van der Waals surface area contributed by atoms with E-state index < -0.39 is 5.97 Å².